The highest BCUT2D eigenvalue weighted by atomic mass is 35.5. The summed E-state index contributed by atoms with van der Waals surface area (Å²) in [7, 11) is 0. The van der Waals surface area contributed by atoms with Crippen molar-refractivity contribution in [3.8, 4) is 0 Å². The van der Waals surface area contributed by atoms with Crippen LogP contribution in [0.25, 0.3) is 0 Å². The number of carbonyl (C=O) groups is 1. The van der Waals surface area contributed by atoms with Crippen LogP contribution in [0.4, 0.5) is 5.69 Å². The number of benzene rings is 1. The number of hydrogen-bond donors (Lipinski definition) is 0. The molecule has 0 aliphatic rings. The first-order valence-electron chi connectivity index (χ1n) is 3.26. The van der Waals surface area contributed by atoms with Crippen molar-refractivity contribution in [2.24, 2.45) is 0 Å². The molecule has 0 saturated carbocycles. The molecule has 0 spiro atoms. The molecule has 14 heavy (non-hydrogen) atoms. The van der Waals surface area contributed by atoms with Crippen molar-refractivity contribution in [2.75, 3.05) is 0 Å². The summed E-state index contributed by atoms with van der Waals surface area (Å²) in [5.41, 5.74) is -0.504. The predicted octanol–water partition coefficient (Wildman–Crippen LogP) is 3.28. The Morgan fingerprint density at radius 2 is 1.93 bits per heavy atom. The highest BCUT2D eigenvalue weighted by Crippen LogP contribution is 2.31. The van der Waals surface area contributed by atoms with Crippen molar-refractivity contribution in [3.05, 3.63) is 37.9 Å². The van der Waals surface area contributed by atoms with Crippen molar-refractivity contribution in [3.63, 3.8) is 0 Å². The molecule has 0 bridgehead atoms. The van der Waals surface area contributed by atoms with E-state index >= 15 is 0 Å². The van der Waals surface area contributed by atoms with E-state index in [1.54, 1.807) is 0 Å². The second-order valence-corrected chi connectivity index (χ2v) is 3.45. The van der Waals surface area contributed by atoms with Crippen LogP contribution in [0.3, 0.4) is 0 Å². The van der Waals surface area contributed by atoms with Crippen LogP contribution < -0.4 is 0 Å². The van der Waals surface area contributed by atoms with E-state index in [1.165, 1.54) is 0 Å². The molecule has 0 amide bonds. The van der Waals surface area contributed by atoms with Crippen LogP contribution in [0, 0.1) is 10.1 Å². The van der Waals surface area contributed by atoms with Gasteiger partial charge < -0.3 is 0 Å². The first kappa shape index (κ1) is 11.2. The van der Waals surface area contributed by atoms with Crippen molar-refractivity contribution in [1.82, 2.24) is 0 Å². The van der Waals surface area contributed by atoms with Gasteiger partial charge >= 0.3 is 0 Å². The third-order valence-corrected chi connectivity index (χ3v) is 2.44. The molecular weight excluding hydrogens is 252 g/mol. The summed E-state index contributed by atoms with van der Waals surface area (Å²) in [4.78, 5) is 20.5. The molecule has 0 aliphatic heterocycles. The third kappa shape index (κ3) is 2.15. The van der Waals surface area contributed by atoms with Gasteiger partial charge in [-0.1, -0.05) is 23.2 Å². The fourth-order valence-electron chi connectivity index (χ4n) is 0.823. The average Bonchev–Trinajstić information content (AvgIpc) is 2.08. The Balaban J connectivity index is 3.43. The lowest BCUT2D eigenvalue weighted by Gasteiger charge is -2.00. The van der Waals surface area contributed by atoms with Gasteiger partial charge in [-0.05, 0) is 11.6 Å². The monoisotopic (exact) mass is 253 g/mol. The van der Waals surface area contributed by atoms with Crippen LogP contribution in [0.5, 0.6) is 0 Å². The Kier molecular flexibility index (Phi) is 3.31. The Morgan fingerprint density at radius 1 is 1.36 bits per heavy atom. The standard InChI is InChI=1S/C7H2Cl3NO3/c8-5-2-3(11(13)14)1-4(6(5)9)7(10)12/h1-2H. The van der Waals surface area contributed by atoms with E-state index in [-0.39, 0.29) is 21.3 Å². The maximum absolute atomic E-state index is 10.8. The van der Waals surface area contributed by atoms with Crippen LogP contribution in [0.15, 0.2) is 12.1 Å². The van der Waals surface area contributed by atoms with Gasteiger partial charge in [0, 0.05) is 12.1 Å². The van der Waals surface area contributed by atoms with Crippen LogP contribution in [-0.4, -0.2) is 10.2 Å². The van der Waals surface area contributed by atoms with E-state index in [0.29, 0.717) is 0 Å². The quantitative estimate of drug-likeness (QED) is 0.462. The van der Waals surface area contributed by atoms with Crippen molar-refractivity contribution in [2.45, 2.75) is 0 Å². The largest absolute Gasteiger partial charge is 0.276 e. The molecule has 0 radical (unpaired) electrons. The van der Waals surface area contributed by atoms with Crippen LogP contribution >= 0.6 is 34.8 Å². The van der Waals surface area contributed by atoms with Gasteiger partial charge in [0.2, 0.25) is 0 Å². The molecule has 1 aromatic carbocycles. The number of hydrogen-bond acceptors (Lipinski definition) is 3. The minimum Gasteiger partial charge on any atom is -0.276 e. The predicted molar refractivity (Wildman–Crippen MR) is 53.3 cm³/mol. The summed E-state index contributed by atoms with van der Waals surface area (Å²) in [5, 5.41) is 9.34. The lowest BCUT2D eigenvalue weighted by atomic mass is 10.2. The summed E-state index contributed by atoms with van der Waals surface area (Å²) in [6.07, 6.45) is 0. The minimum atomic E-state index is -0.888. The SMILES string of the molecule is O=C(Cl)c1cc([N+](=O)[O-])cc(Cl)c1Cl. The van der Waals surface area contributed by atoms with Crippen molar-refractivity contribution < 1.29 is 9.72 Å². The zero-order valence-corrected chi connectivity index (χ0v) is 8.73. The van der Waals surface area contributed by atoms with Gasteiger partial charge in [-0.25, -0.2) is 0 Å². The Morgan fingerprint density at radius 3 is 2.36 bits per heavy atom. The Bertz CT molecular complexity index is 419. The minimum absolute atomic E-state index is 0.0788. The van der Waals surface area contributed by atoms with E-state index in [2.05, 4.69) is 0 Å². The number of carbonyl (C=O) groups excluding carboxylic acids is 1. The van der Waals surface area contributed by atoms with Crippen LogP contribution in [0.1, 0.15) is 10.4 Å². The van der Waals surface area contributed by atoms with Crippen molar-refractivity contribution >= 4 is 45.7 Å². The van der Waals surface area contributed by atoms with E-state index in [4.69, 9.17) is 34.8 Å². The molecule has 1 rings (SSSR count). The normalized spacial score (nSPS) is 9.93. The van der Waals surface area contributed by atoms with Gasteiger partial charge in [0.05, 0.1) is 20.5 Å². The summed E-state index contributed by atoms with van der Waals surface area (Å²) in [6, 6.07) is 2.02. The second-order valence-electron chi connectivity index (χ2n) is 2.32. The van der Waals surface area contributed by atoms with Crippen LogP contribution in [-0.2, 0) is 0 Å². The van der Waals surface area contributed by atoms with Gasteiger partial charge in [0.1, 0.15) is 0 Å². The second kappa shape index (κ2) is 4.13. The highest BCUT2D eigenvalue weighted by Gasteiger charge is 2.17. The Hall–Kier alpha value is -0.840. The summed E-state index contributed by atoms with van der Waals surface area (Å²) >= 11 is 16.3. The number of rotatable bonds is 2. The number of non-ortho nitro benzene ring substituents is 1. The van der Waals surface area contributed by atoms with Gasteiger partial charge in [0.15, 0.2) is 0 Å². The van der Waals surface area contributed by atoms with E-state index in [9.17, 15) is 14.9 Å². The molecule has 0 atom stereocenters. The zero-order valence-electron chi connectivity index (χ0n) is 6.46. The maximum Gasteiger partial charge on any atom is 0.271 e. The molecule has 7 heteroatoms. The zero-order chi connectivity index (χ0) is 10.9. The van der Waals surface area contributed by atoms with E-state index < -0.39 is 10.2 Å². The molecule has 0 fully saturated rings. The maximum atomic E-state index is 10.8. The lowest BCUT2D eigenvalue weighted by molar-refractivity contribution is -0.384. The first-order chi connectivity index (χ1) is 6.43. The smallest absolute Gasteiger partial charge is 0.271 e. The molecule has 0 saturated heterocycles. The third-order valence-electron chi connectivity index (χ3n) is 1.44. The molecule has 4 nitrogen and oxygen atoms in total. The van der Waals surface area contributed by atoms with Crippen LogP contribution in [0.2, 0.25) is 10.0 Å². The highest BCUT2D eigenvalue weighted by molar-refractivity contribution is 6.69. The number of nitro groups is 1. The molecule has 0 heterocycles. The number of halogens is 3. The van der Waals surface area contributed by atoms with E-state index in [1.807, 2.05) is 0 Å². The lowest BCUT2D eigenvalue weighted by Crippen LogP contribution is -1.95. The fourth-order valence-corrected chi connectivity index (χ4v) is 1.43. The van der Waals surface area contributed by atoms with Crippen molar-refractivity contribution in [1.29, 1.82) is 0 Å². The average molecular weight is 254 g/mol. The van der Waals surface area contributed by atoms with Gasteiger partial charge in [-0.2, -0.15) is 0 Å². The van der Waals surface area contributed by atoms with E-state index in [0.717, 1.165) is 12.1 Å². The van der Waals surface area contributed by atoms with Gasteiger partial charge in [-0.3, -0.25) is 14.9 Å². The molecule has 0 aliphatic carbocycles. The first-order valence-corrected chi connectivity index (χ1v) is 4.40. The number of nitro benzene ring substituents is 1. The topological polar surface area (TPSA) is 60.2 Å². The summed E-state index contributed by atoms with van der Waals surface area (Å²) in [5.74, 6) is 0. The number of nitrogens with zero attached hydrogens (tertiary/aromatic N) is 1. The summed E-state index contributed by atoms with van der Waals surface area (Å²) in [6.45, 7) is 0. The molecular formula is C7H2Cl3NO3. The molecule has 1 aromatic rings. The van der Waals surface area contributed by atoms with Gasteiger partial charge in [0.25, 0.3) is 10.9 Å². The fraction of sp³-hybridized carbons (Fsp3) is 0. The molecule has 0 N–H and O–H groups in total. The Labute approximate surface area is 93.5 Å². The summed E-state index contributed by atoms with van der Waals surface area (Å²) < 4.78 is 0. The van der Waals surface area contributed by atoms with Gasteiger partial charge in [-0.15, -0.1) is 0 Å². The molecule has 0 unspecified atom stereocenters. The molecule has 0 aromatic heterocycles. The molecule has 74 valence electrons.